The van der Waals surface area contributed by atoms with Gasteiger partial charge in [0, 0.05) is 39.0 Å². The molecule has 1 aliphatic rings. The predicted molar refractivity (Wildman–Crippen MR) is 102 cm³/mol. The molecule has 1 saturated heterocycles. The van der Waals surface area contributed by atoms with E-state index in [2.05, 4.69) is 20.3 Å². The van der Waals surface area contributed by atoms with E-state index in [0.717, 1.165) is 24.0 Å². The summed E-state index contributed by atoms with van der Waals surface area (Å²) in [4.78, 5) is 23.2. The van der Waals surface area contributed by atoms with E-state index in [1.54, 1.807) is 26.4 Å². The molecule has 9 nitrogen and oxygen atoms in total. The number of hydrogen-bond acceptors (Lipinski definition) is 8. The summed E-state index contributed by atoms with van der Waals surface area (Å²) < 4.78 is 15.7. The standard InChI is InChI=1S/C20H23N5O4/c1-13-16(12-27-2)18(24-28-13)20(26)25-9-7-14(11-25)5-6-17-22-19(29-23-17)15-4-3-8-21-10-15/h3-4,8,10,14H,5-7,9,11-12H2,1-2H3. The van der Waals surface area contributed by atoms with Crippen molar-refractivity contribution >= 4 is 5.91 Å². The lowest BCUT2D eigenvalue weighted by Crippen LogP contribution is -2.30. The molecule has 4 rings (SSSR count). The molecule has 0 radical (unpaired) electrons. The molecule has 0 aliphatic carbocycles. The minimum absolute atomic E-state index is 0.102. The highest BCUT2D eigenvalue weighted by Crippen LogP contribution is 2.25. The summed E-state index contributed by atoms with van der Waals surface area (Å²) in [6.07, 6.45) is 5.93. The Kier molecular flexibility index (Phi) is 5.66. The fraction of sp³-hybridized carbons (Fsp3) is 0.450. The van der Waals surface area contributed by atoms with Gasteiger partial charge in [-0.25, -0.2) is 0 Å². The first-order valence-corrected chi connectivity index (χ1v) is 9.62. The summed E-state index contributed by atoms with van der Waals surface area (Å²) in [5.74, 6) is 2.05. The quantitative estimate of drug-likeness (QED) is 0.599. The van der Waals surface area contributed by atoms with Gasteiger partial charge in [0.25, 0.3) is 11.8 Å². The highest BCUT2D eigenvalue weighted by molar-refractivity contribution is 5.94. The monoisotopic (exact) mass is 397 g/mol. The molecule has 1 aliphatic heterocycles. The van der Waals surface area contributed by atoms with E-state index in [-0.39, 0.29) is 5.91 Å². The maximum atomic E-state index is 12.8. The third kappa shape index (κ3) is 4.19. The summed E-state index contributed by atoms with van der Waals surface area (Å²) in [5, 5.41) is 8.00. The van der Waals surface area contributed by atoms with Crippen molar-refractivity contribution in [1.29, 1.82) is 0 Å². The van der Waals surface area contributed by atoms with Crippen molar-refractivity contribution in [3.05, 3.63) is 47.4 Å². The van der Waals surface area contributed by atoms with Gasteiger partial charge in [-0.3, -0.25) is 9.78 Å². The fourth-order valence-corrected chi connectivity index (χ4v) is 3.57. The lowest BCUT2D eigenvalue weighted by molar-refractivity contribution is 0.0772. The van der Waals surface area contributed by atoms with E-state index in [0.29, 0.717) is 55.2 Å². The largest absolute Gasteiger partial charge is 0.380 e. The zero-order valence-electron chi connectivity index (χ0n) is 16.5. The molecule has 0 saturated carbocycles. The first kappa shape index (κ1) is 19.3. The van der Waals surface area contributed by atoms with Gasteiger partial charge in [0.05, 0.1) is 17.7 Å². The predicted octanol–water partition coefficient (Wildman–Crippen LogP) is 2.67. The second-order valence-electron chi connectivity index (χ2n) is 7.20. The Morgan fingerprint density at radius 3 is 3.03 bits per heavy atom. The number of hydrogen-bond donors (Lipinski definition) is 0. The number of nitrogens with zero attached hydrogens (tertiary/aromatic N) is 5. The maximum absolute atomic E-state index is 12.8. The van der Waals surface area contributed by atoms with E-state index in [1.807, 2.05) is 17.0 Å². The van der Waals surface area contributed by atoms with Gasteiger partial charge in [-0.2, -0.15) is 4.98 Å². The number of pyridine rings is 1. The third-order valence-corrected chi connectivity index (χ3v) is 5.20. The second-order valence-corrected chi connectivity index (χ2v) is 7.20. The van der Waals surface area contributed by atoms with Crippen LogP contribution in [0, 0.1) is 12.8 Å². The van der Waals surface area contributed by atoms with E-state index in [4.69, 9.17) is 13.8 Å². The molecular formula is C20H23N5O4. The van der Waals surface area contributed by atoms with Crippen molar-refractivity contribution in [2.45, 2.75) is 32.8 Å². The molecule has 4 heterocycles. The number of carbonyl (C=O) groups is 1. The first-order chi connectivity index (χ1) is 14.2. The molecule has 1 fully saturated rings. The van der Waals surface area contributed by atoms with Gasteiger partial charge in [0.2, 0.25) is 0 Å². The highest BCUT2D eigenvalue weighted by Gasteiger charge is 2.31. The Hall–Kier alpha value is -3.07. The number of amides is 1. The molecule has 0 aromatic carbocycles. The number of rotatable bonds is 7. The van der Waals surface area contributed by atoms with Gasteiger partial charge >= 0.3 is 0 Å². The summed E-state index contributed by atoms with van der Waals surface area (Å²) in [6.45, 7) is 3.49. The molecule has 3 aromatic heterocycles. The zero-order chi connectivity index (χ0) is 20.2. The SMILES string of the molecule is COCc1c(C(=O)N2CCC(CCc3noc(-c4cccnc4)n3)C2)noc1C. The van der Waals surface area contributed by atoms with Gasteiger partial charge in [0.15, 0.2) is 11.5 Å². The van der Waals surface area contributed by atoms with E-state index < -0.39 is 0 Å². The van der Waals surface area contributed by atoms with E-state index in [9.17, 15) is 4.79 Å². The number of aryl methyl sites for hydroxylation is 2. The Balaban J connectivity index is 1.33. The van der Waals surface area contributed by atoms with Crippen LogP contribution in [0.1, 0.15) is 40.5 Å². The number of carbonyl (C=O) groups excluding carboxylic acids is 1. The van der Waals surface area contributed by atoms with Crippen molar-refractivity contribution in [2.24, 2.45) is 5.92 Å². The van der Waals surface area contributed by atoms with Gasteiger partial charge in [-0.05, 0) is 37.8 Å². The van der Waals surface area contributed by atoms with Crippen molar-refractivity contribution in [3.8, 4) is 11.5 Å². The van der Waals surface area contributed by atoms with Crippen LogP contribution in [-0.4, -0.2) is 51.3 Å². The second kappa shape index (κ2) is 8.52. The van der Waals surface area contributed by atoms with Gasteiger partial charge in [-0.15, -0.1) is 0 Å². The summed E-state index contributed by atoms with van der Waals surface area (Å²) in [7, 11) is 1.59. The number of aromatic nitrogens is 4. The van der Waals surface area contributed by atoms with E-state index >= 15 is 0 Å². The Morgan fingerprint density at radius 1 is 1.34 bits per heavy atom. The summed E-state index contributed by atoms with van der Waals surface area (Å²) >= 11 is 0. The average Bonchev–Trinajstić information content (AvgIpc) is 3.48. The van der Waals surface area contributed by atoms with E-state index in [1.165, 1.54) is 0 Å². The number of methoxy groups -OCH3 is 1. The minimum atomic E-state index is -0.102. The topological polar surface area (TPSA) is 107 Å². The van der Waals surface area contributed by atoms with Crippen LogP contribution in [-0.2, 0) is 17.8 Å². The van der Waals surface area contributed by atoms with Crippen LogP contribution in [0.25, 0.3) is 11.5 Å². The molecule has 29 heavy (non-hydrogen) atoms. The van der Waals surface area contributed by atoms with Gasteiger partial charge in [-0.1, -0.05) is 10.3 Å². The molecule has 0 bridgehead atoms. The summed E-state index contributed by atoms with van der Waals surface area (Å²) in [6, 6.07) is 3.71. The van der Waals surface area contributed by atoms with Crippen molar-refractivity contribution < 1.29 is 18.6 Å². The fourth-order valence-electron chi connectivity index (χ4n) is 3.57. The molecular weight excluding hydrogens is 374 g/mol. The number of likely N-dealkylation sites (tertiary alicyclic amines) is 1. The molecule has 152 valence electrons. The highest BCUT2D eigenvalue weighted by atomic mass is 16.5. The Bertz CT molecular complexity index is 968. The Labute approximate surface area is 168 Å². The van der Waals surface area contributed by atoms with Crippen molar-refractivity contribution in [3.63, 3.8) is 0 Å². The van der Waals surface area contributed by atoms with Crippen LogP contribution in [0.5, 0.6) is 0 Å². The molecule has 0 spiro atoms. The summed E-state index contributed by atoms with van der Waals surface area (Å²) in [5.41, 5.74) is 1.87. The molecule has 1 amide bonds. The average molecular weight is 397 g/mol. The lowest BCUT2D eigenvalue weighted by atomic mass is 10.0. The maximum Gasteiger partial charge on any atom is 0.276 e. The van der Waals surface area contributed by atoms with Crippen LogP contribution in [0.3, 0.4) is 0 Å². The molecule has 9 heteroatoms. The first-order valence-electron chi connectivity index (χ1n) is 9.62. The Morgan fingerprint density at radius 2 is 2.24 bits per heavy atom. The normalized spacial score (nSPS) is 16.5. The van der Waals surface area contributed by atoms with Crippen LogP contribution in [0.4, 0.5) is 0 Å². The van der Waals surface area contributed by atoms with Crippen LogP contribution < -0.4 is 0 Å². The molecule has 0 N–H and O–H groups in total. The molecule has 1 atom stereocenters. The van der Waals surface area contributed by atoms with Crippen LogP contribution in [0.15, 0.2) is 33.6 Å². The zero-order valence-corrected chi connectivity index (χ0v) is 16.5. The van der Waals surface area contributed by atoms with Crippen LogP contribution in [0.2, 0.25) is 0 Å². The number of ether oxygens (including phenoxy) is 1. The minimum Gasteiger partial charge on any atom is -0.380 e. The lowest BCUT2D eigenvalue weighted by Gasteiger charge is -2.15. The van der Waals surface area contributed by atoms with Gasteiger partial charge in [0.1, 0.15) is 5.76 Å². The smallest absolute Gasteiger partial charge is 0.276 e. The van der Waals surface area contributed by atoms with Crippen LogP contribution >= 0.6 is 0 Å². The molecule has 3 aromatic rings. The van der Waals surface area contributed by atoms with Gasteiger partial charge < -0.3 is 18.7 Å². The third-order valence-electron chi connectivity index (χ3n) is 5.20. The molecule has 1 unspecified atom stereocenters. The van der Waals surface area contributed by atoms with Crippen molar-refractivity contribution in [1.82, 2.24) is 25.2 Å². The van der Waals surface area contributed by atoms with Crippen molar-refractivity contribution in [2.75, 3.05) is 20.2 Å².